The molecule has 1 amide bonds. The van der Waals surface area contributed by atoms with Crippen LogP contribution in [0.15, 0.2) is 54.2 Å². The van der Waals surface area contributed by atoms with E-state index in [0.29, 0.717) is 6.54 Å². The first kappa shape index (κ1) is 14.5. The molecule has 2 heterocycles. The minimum atomic E-state index is -0.303. The molecule has 22 heavy (non-hydrogen) atoms. The molecule has 0 saturated carbocycles. The number of nitrogens with one attached hydrogen (secondary N) is 1. The molecular formula is C16H14FN3OS. The maximum atomic E-state index is 13.1. The average molecular weight is 315 g/mol. The van der Waals surface area contributed by atoms with Gasteiger partial charge in [-0.3, -0.25) is 4.79 Å². The van der Waals surface area contributed by atoms with Gasteiger partial charge in [0.25, 0.3) is 0 Å². The number of carbonyl (C=O) groups is 1. The zero-order valence-electron chi connectivity index (χ0n) is 11.7. The van der Waals surface area contributed by atoms with Crippen molar-refractivity contribution >= 4 is 17.2 Å². The van der Waals surface area contributed by atoms with Crippen LogP contribution in [0, 0.1) is 5.82 Å². The van der Waals surface area contributed by atoms with Crippen LogP contribution in [-0.2, 0) is 17.8 Å². The number of carbonyl (C=O) groups excluding carboxylic acids is 1. The second-order valence-electron chi connectivity index (χ2n) is 4.80. The Morgan fingerprint density at radius 1 is 1.27 bits per heavy atom. The van der Waals surface area contributed by atoms with E-state index in [1.807, 2.05) is 34.5 Å². The summed E-state index contributed by atoms with van der Waals surface area (Å²) in [4.78, 5) is 16.3. The van der Waals surface area contributed by atoms with Crippen LogP contribution >= 0.6 is 11.3 Å². The fraction of sp³-hybridized carbons (Fsp3) is 0.125. The quantitative estimate of drug-likeness (QED) is 0.787. The predicted molar refractivity (Wildman–Crippen MR) is 83.4 cm³/mol. The van der Waals surface area contributed by atoms with Crippen molar-refractivity contribution in [3.05, 3.63) is 71.2 Å². The van der Waals surface area contributed by atoms with Gasteiger partial charge in [-0.2, -0.15) is 0 Å². The molecule has 0 saturated heterocycles. The molecule has 0 radical (unpaired) electrons. The van der Waals surface area contributed by atoms with Crippen molar-refractivity contribution < 1.29 is 9.18 Å². The van der Waals surface area contributed by atoms with E-state index in [1.165, 1.54) is 23.5 Å². The number of thiazole rings is 1. The number of benzene rings is 1. The lowest BCUT2D eigenvalue weighted by Crippen LogP contribution is -2.24. The molecule has 0 bridgehead atoms. The molecule has 4 nitrogen and oxygen atoms in total. The Bertz CT molecular complexity index is 767. The van der Waals surface area contributed by atoms with Crippen LogP contribution < -0.4 is 5.32 Å². The van der Waals surface area contributed by atoms with E-state index >= 15 is 0 Å². The van der Waals surface area contributed by atoms with Crippen molar-refractivity contribution in [2.24, 2.45) is 0 Å². The number of aromatic nitrogens is 2. The molecule has 3 aromatic rings. The van der Waals surface area contributed by atoms with Gasteiger partial charge >= 0.3 is 0 Å². The van der Waals surface area contributed by atoms with Crippen LogP contribution in [0.25, 0.3) is 5.13 Å². The van der Waals surface area contributed by atoms with Crippen molar-refractivity contribution in [2.75, 3.05) is 0 Å². The van der Waals surface area contributed by atoms with Gasteiger partial charge in [0.2, 0.25) is 5.91 Å². The lowest BCUT2D eigenvalue weighted by atomic mass is 10.2. The minimum absolute atomic E-state index is 0.131. The van der Waals surface area contributed by atoms with Crippen molar-refractivity contribution in [1.82, 2.24) is 14.9 Å². The van der Waals surface area contributed by atoms with Crippen molar-refractivity contribution in [1.29, 1.82) is 0 Å². The van der Waals surface area contributed by atoms with Gasteiger partial charge in [-0.1, -0.05) is 12.1 Å². The lowest BCUT2D eigenvalue weighted by Gasteiger charge is -2.04. The molecule has 0 aliphatic carbocycles. The van der Waals surface area contributed by atoms with Crippen molar-refractivity contribution in [2.45, 2.75) is 13.0 Å². The molecule has 0 unspecified atom stereocenters. The molecule has 2 aromatic heterocycles. The predicted octanol–water partition coefficient (Wildman–Crippen LogP) is 2.93. The minimum Gasteiger partial charge on any atom is -0.352 e. The van der Waals surface area contributed by atoms with E-state index < -0.39 is 0 Å². The first-order valence-corrected chi connectivity index (χ1v) is 7.67. The number of amides is 1. The highest BCUT2D eigenvalue weighted by atomic mass is 32.1. The maximum Gasteiger partial charge on any atom is 0.226 e. The summed E-state index contributed by atoms with van der Waals surface area (Å²) in [5, 5.41) is 5.47. The normalized spacial score (nSPS) is 10.6. The van der Waals surface area contributed by atoms with Gasteiger partial charge in [0.1, 0.15) is 5.82 Å². The summed E-state index contributed by atoms with van der Waals surface area (Å²) in [7, 11) is 0. The summed E-state index contributed by atoms with van der Waals surface area (Å²) in [6.45, 7) is 0.311. The average Bonchev–Trinajstić information content (AvgIpc) is 3.16. The van der Waals surface area contributed by atoms with E-state index in [-0.39, 0.29) is 18.1 Å². The summed E-state index contributed by atoms with van der Waals surface area (Å²) in [6.07, 6.45) is 4.03. The van der Waals surface area contributed by atoms with Gasteiger partial charge in [-0.25, -0.2) is 9.37 Å². The monoisotopic (exact) mass is 315 g/mol. The fourth-order valence-corrected chi connectivity index (χ4v) is 2.82. The Balaban J connectivity index is 1.56. The molecule has 0 spiro atoms. The molecule has 1 N–H and O–H groups in total. The van der Waals surface area contributed by atoms with E-state index in [2.05, 4.69) is 10.3 Å². The van der Waals surface area contributed by atoms with Crippen LogP contribution in [0.5, 0.6) is 0 Å². The number of rotatable bonds is 5. The fourth-order valence-electron chi connectivity index (χ4n) is 2.03. The second kappa shape index (κ2) is 6.53. The zero-order valence-corrected chi connectivity index (χ0v) is 12.5. The van der Waals surface area contributed by atoms with Gasteiger partial charge in [-0.15, -0.1) is 11.3 Å². The summed E-state index contributed by atoms with van der Waals surface area (Å²) in [5.74, 6) is -0.434. The standard InChI is InChI=1S/C16H14FN3OS/c17-13-5-3-4-12(8-13)10-18-15(21)9-14-11-22-16(19-14)20-6-1-2-7-20/h1-8,11H,9-10H2,(H,18,21). The van der Waals surface area contributed by atoms with Crippen LogP contribution in [0.1, 0.15) is 11.3 Å². The Morgan fingerprint density at radius 3 is 2.86 bits per heavy atom. The smallest absolute Gasteiger partial charge is 0.226 e. The number of halogens is 1. The summed E-state index contributed by atoms with van der Waals surface area (Å²) in [6, 6.07) is 10.0. The number of hydrogen-bond donors (Lipinski definition) is 1. The SMILES string of the molecule is O=C(Cc1csc(-n2cccc2)n1)NCc1cccc(F)c1. The van der Waals surface area contributed by atoms with Crippen molar-refractivity contribution in [3.63, 3.8) is 0 Å². The van der Waals surface area contributed by atoms with Gasteiger partial charge in [0.15, 0.2) is 5.13 Å². The van der Waals surface area contributed by atoms with Gasteiger partial charge < -0.3 is 9.88 Å². The number of nitrogens with zero attached hydrogens (tertiary/aromatic N) is 2. The van der Waals surface area contributed by atoms with E-state index in [4.69, 9.17) is 0 Å². The van der Waals surface area contributed by atoms with E-state index in [9.17, 15) is 9.18 Å². The molecule has 112 valence electrons. The van der Waals surface area contributed by atoms with Gasteiger partial charge in [0.05, 0.1) is 12.1 Å². The highest BCUT2D eigenvalue weighted by Gasteiger charge is 2.08. The largest absolute Gasteiger partial charge is 0.352 e. The molecule has 0 aliphatic heterocycles. The Hall–Kier alpha value is -2.47. The summed E-state index contributed by atoms with van der Waals surface area (Å²) < 4.78 is 15.0. The molecule has 0 aliphatic rings. The topological polar surface area (TPSA) is 46.9 Å². The van der Waals surface area contributed by atoms with Crippen molar-refractivity contribution in [3.8, 4) is 5.13 Å². The number of hydrogen-bond acceptors (Lipinski definition) is 3. The van der Waals surface area contributed by atoms with Crippen LogP contribution in [0.4, 0.5) is 4.39 Å². The first-order chi connectivity index (χ1) is 10.7. The molecule has 6 heteroatoms. The third-order valence-corrected chi connectivity index (χ3v) is 3.99. The third kappa shape index (κ3) is 3.59. The van der Waals surface area contributed by atoms with Crippen LogP contribution in [0.2, 0.25) is 0 Å². The molecule has 3 rings (SSSR count). The maximum absolute atomic E-state index is 13.1. The molecule has 1 aromatic carbocycles. The Morgan fingerprint density at radius 2 is 2.09 bits per heavy atom. The molecular weight excluding hydrogens is 301 g/mol. The molecule has 0 atom stereocenters. The lowest BCUT2D eigenvalue weighted by molar-refractivity contribution is -0.120. The summed E-state index contributed by atoms with van der Waals surface area (Å²) >= 11 is 1.49. The van der Waals surface area contributed by atoms with E-state index in [1.54, 1.807) is 12.1 Å². The summed E-state index contributed by atoms with van der Waals surface area (Å²) in [5.41, 5.74) is 1.46. The van der Waals surface area contributed by atoms with Crippen LogP contribution in [0.3, 0.4) is 0 Å². The first-order valence-electron chi connectivity index (χ1n) is 6.79. The highest BCUT2D eigenvalue weighted by molar-refractivity contribution is 7.12. The van der Waals surface area contributed by atoms with Crippen LogP contribution in [-0.4, -0.2) is 15.5 Å². The third-order valence-electron chi connectivity index (χ3n) is 3.09. The van der Waals surface area contributed by atoms with E-state index in [0.717, 1.165) is 16.4 Å². The Labute approximate surface area is 131 Å². The van der Waals surface area contributed by atoms with Gasteiger partial charge in [-0.05, 0) is 29.8 Å². The zero-order chi connectivity index (χ0) is 15.4. The highest BCUT2D eigenvalue weighted by Crippen LogP contribution is 2.15. The Kier molecular flexibility index (Phi) is 4.29. The molecule has 0 fully saturated rings. The van der Waals surface area contributed by atoms with Gasteiger partial charge in [0, 0.05) is 24.3 Å². The second-order valence-corrected chi connectivity index (χ2v) is 5.63.